The highest BCUT2D eigenvalue weighted by molar-refractivity contribution is 6.20. The van der Waals surface area contributed by atoms with Gasteiger partial charge < -0.3 is 25.1 Å². The number of benzene rings is 1. The smallest absolute Gasteiger partial charge is 0.238 e. The summed E-state index contributed by atoms with van der Waals surface area (Å²) >= 11 is 0. The van der Waals surface area contributed by atoms with E-state index in [-0.39, 0.29) is 24.0 Å². The molecule has 0 radical (unpaired) electrons. The largest absolute Gasteiger partial charge is 0.493 e. The second-order valence-electron chi connectivity index (χ2n) is 9.38. The third-order valence-corrected chi connectivity index (χ3v) is 7.01. The highest BCUT2D eigenvalue weighted by Gasteiger charge is 2.57. The number of rotatable bonds is 8. The maximum atomic E-state index is 15.3. The fourth-order valence-corrected chi connectivity index (χ4v) is 4.86. The molecule has 196 valence electrons. The average Bonchev–Trinajstić information content (AvgIpc) is 3.72. The van der Waals surface area contributed by atoms with Gasteiger partial charge in [0.1, 0.15) is 5.69 Å². The van der Waals surface area contributed by atoms with Crippen LogP contribution in [0.4, 0.5) is 14.5 Å². The lowest BCUT2D eigenvalue weighted by Crippen LogP contribution is -2.45. The molecular formula is C28H27F2N5O3. The Morgan fingerprint density at radius 3 is 2.47 bits per heavy atom. The van der Waals surface area contributed by atoms with E-state index in [1.807, 2.05) is 18.2 Å². The third-order valence-electron chi connectivity index (χ3n) is 7.01. The lowest BCUT2D eigenvalue weighted by molar-refractivity contribution is -0.121. The molecule has 0 unspecified atom stereocenters. The van der Waals surface area contributed by atoms with Crippen LogP contribution in [-0.4, -0.2) is 35.8 Å². The summed E-state index contributed by atoms with van der Waals surface area (Å²) in [6, 6.07) is 6.74. The molecule has 38 heavy (non-hydrogen) atoms. The zero-order valence-corrected chi connectivity index (χ0v) is 21.3. The fourth-order valence-electron chi connectivity index (χ4n) is 4.86. The number of anilines is 1. The summed E-state index contributed by atoms with van der Waals surface area (Å²) in [6.45, 7) is 2.13. The maximum absolute atomic E-state index is 15.3. The van der Waals surface area contributed by atoms with E-state index < -0.39 is 22.7 Å². The number of nitrogens with one attached hydrogen (secondary N) is 2. The number of fused-ring (bicyclic) bond motifs is 2. The normalized spacial score (nSPS) is 15.8. The number of halogens is 2. The second kappa shape index (κ2) is 9.85. The van der Waals surface area contributed by atoms with Crippen molar-refractivity contribution in [2.24, 2.45) is 0 Å². The molecule has 1 fully saturated rings. The number of ether oxygens (including phenoxy) is 2. The standard InChI is InChI=1S/C28H27F2N5O3/c1-16(31)19(14-33-12-17-5-4-8-32-11-17)21-9-20-18(13-34-21)15-35(27(36)28(20)6-7-28)26-24(29)22(37-2)10-23(38-3)25(26)30/h4-5,8-11,13-14,31,33H,6-7,12,15H2,1-3H3/b19-14+,31-16?. The Kier molecular flexibility index (Phi) is 6.56. The monoisotopic (exact) mass is 519 g/mol. The number of carbonyl (C=O) groups is 1. The number of aromatic nitrogens is 2. The molecule has 1 saturated carbocycles. The first-order chi connectivity index (χ1) is 18.3. The van der Waals surface area contributed by atoms with Gasteiger partial charge in [0, 0.05) is 48.7 Å². The van der Waals surface area contributed by atoms with Crippen LogP contribution in [-0.2, 0) is 23.3 Å². The van der Waals surface area contributed by atoms with E-state index in [1.165, 1.54) is 14.2 Å². The van der Waals surface area contributed by atoms with Gasteiger partial charge in [-0.05, 0) is 48.6 Å². The highest BCUT2D eigenvalue weighted by atomic mass is 19.1. The number of nitrogens with zero attached hydrogens (tertiary/aromatic N) is 3. The van der Waals surface area contributed by atoms with E-state index >= 15 is 8.78 Å². The van der Waals surface area contributed by atoms with Crippen LogP contribution < -0.4 is 19.7 Å². The minimum atomic E-state index is -0.965. The minimum Gasteiger partial charge on any atom is -0.493 e. The van der Waals surface area contributed by atoms with Gasteiger partial charge in [-0.3, -0.25) is 14.8 Å². The van der Waals surface area contributed by atoms with E-state index in [0.29, 0.717) is 41.9 Å². The Morgan fingerprint density at radius 2 is 1.89 bits per heavy atom. The van der Waals surface area contributed by atoms with Gasteiger partial charge in [-0.1, -0.05) is 6.07 Å². The zero-order chi connectivity index (χ0) is 27.0. The summed E-state index contributed by atoms with van der Waals surface area (Å²) in [4.78, 5) is 23.5. The van der Waals surface area contributed by atoms with E-state index in [0.717, 1.165) is 22.1 Å². The van der Waals surface area contributed by atoms with Gasteiger partial charge >= 0.3 is 0 Å². The molecule has 5 rings (SSSR count). The van der Waals surface area contributed by atoms with Crippen LogP contribution in [0, 0.1) is 17.0 Å². The number of hydrogen-bond acceptors (Lipinski definition) is 7. The number of methoxy groups -OCH3 is 2. The summed E-state index contributed by atoms with van der Waals surface area (Å²) in [5, 5.41) is 11.5. The number of amides is 1. The Morgan fingerprint density at radius 1 is 1.18 bits per heavy atom. The van der Waals surface area contributed by atoms with Crippen molar-refractivity contribution in [1.82, 2.24) is 15.3 Å². The van der Waals surface area contributed by atoms with Crippen LogP contribution >= 0.6 is 0 Å². The zero-order valence-electron chi connectivity index (χ0n) is 21.3. The fraction of sp³-hybridized carbons (Fsp3) is 0.286. The van der Waals surface area contributed by atoms with Crippen molar-refractivity contribution in [2.45, 2.75) is 38.3 Å². The lowest BCUT2D eigenvalue weighted by atomic mass is 9.85. The van der Waals surface area contributed by atoms with Crippen molar-refractivity contribution in [3.8, 4) is 11.5 Å². The van der Waals surface area contributed by atoms with Crippen LogP contribution in [0.15, 0.2) is 49.1 Å². The topological polar surface area (TPSA) is 100 Å². The predicted octanol–water partition coefficient (Wildman–Crippen LogP) is 4.52. The van der Waals surface area contributed by atoms with E-state index in [4.69, 9.17) is 14.9 Å². The van der Waals surface area contributed by atoms with Crippen molar-refractivity contribution in [1.29, 1.82) is 5.41 Å². The van der Waals surface area contributed by atoms with Crippen LogP contribution in [0.3, 0.4) is 0 Å². The summed E-state index contributed by atoms with van der Waals surface area (Å²) < 4.78 is 40.7. The Labute approximate surface area is 218 Å². The molecule has 1 aliphatic carbocycles. The summed E-state index contributed by atoms with van der Waals surface area (Å²) in [5.74, 6) is -2.75. The molecule has 3 aromatic rings. The van der Waals surface area contributed by atoms with Gasteiger partial charge in [0.2, 0.25) is 5.91 Å². The Bertz CT molecular complexity index is 1430. The van der Waals surface area contributed by atoms with Gasteiger partial charge in [0.25, 0.3) is 0 Å². The lowest BCUT2D eigenvalue weighted by Gasteiger charge is -2.35. The van der Waals surface area contributed by atoms with Crippen LogP contribution in [0.2, 0.25) is 0 Å². The van der Waals surface area contributed by atoms with Gasteiger partial charge in [-0.25, -0.2) is 8.78 Å². The van der Waals surface area contributed by atoms with Crippen molar-refractivity contribution < 1.29 is 23.0 Å². The first kappa shape index (κ1) is 25.3. The van der Waals surface area contributed by atoms with Gasteiger partial charge in [0.05, 0.1) is 31.9 Å². The molecule has 1 aromatic carbocycles. The predicted molar refractivity (Wildman–Crippen MR) is 138 cm³/mol. The maximum Gasteiger partial charge on any atom is 0.238 e. The van der Waals surface area contributed by atoms with E-state index in [9.17, 15) is 4.79 Å². The first-order valence-corrected chi connectivity index (χ1v) is 12.1. The van der Waals surface area contributed by atoms with Crippen LogP contribution in [0.25, 0.3) is 5.57 Å². The molecule has 10 heteroatoms. The van der Waals surface area contributed by atoms with Gasteiger partial charge in [-0.2, -0.15) is 0 Å². The molecule has 0 saturated heterocycles. The summed E-state index contributed by atoms with van der Waals surface area (Å²) in [6.07, 6.45) is 7.90. The molecule has 2 aromatic heterocycles. The SMILES string of the molecule is COc1cc(OC)c(F)c(N2Cc3cnc(/C(=C/NCc4cccnc4)C(C)=N)cc3C3(CC3)C2=O)c1F. The molecule has 1 amide bonds. The quantitative estimate of drug-likeness (QED) is 0.425. The van der Waals surface area contributed by atoms with Crippen molar-refractivity contribution in [3.63, 3.8) is 0 Å². The molecule has 8 nitrogen and oxygen atoms in total. The van der Waals surface area contributed by atoms with Gasteiger partial charge in [-0.15, -0.1) is 0 Å². The number of carbonyl (C=O) groups excluding carboxylic acids is 1. The van der Waals surface area contributed by atoms with Crippen molar-refractivity contribution in [3.05, 3.63) is 83.1 Å². The van der Waals surface area contributed by atoms with E-state index in [1.54, 1.807) is 31.7 Å². The summed E-state index contributed by atoms with van der Waals surface area (Å²) in [5.41, 5.74) is 2.49. The van der Waals surface area contributed by atoms with Crippen LogP contribution in [0.5, 0.6) is 11.5 Å². The molecule has 2 aliphatic rings. The molecular weight excluding hydrogens is 492 g/mol. The first-order valence-electron chi connectivity index (χ1n) is 12.1. The second-order valence-corrected chi connectivity index (χ2v) is 9.38. The van der Waals surface area contributed by atoms with Crippen LogP contribution in [0.1, 0.15) is 42.1 Å². The molecule has 3 heterocycles. The number of hydrogen-bond donors (Lipinski definition) is 2. The average molecular weight is 520 g/mol. The van der Waals surface area contributed by atoms with Gasteiger partial charge in [0.15, 0.2) is 23.1 Å². The Hall–Kier alpha value is -4.34. The molecule has 1 aliphatic heterocycles. The molecule has 0 bridgehead atoms. The molecule has 2 N–H and O–H groups in total. The molecule has 0 atom stereocenters. The highest BCUT2D eigenvalue weighted by Crippen LogP contribution is 2.55. The minimum absolute atomic E-state index is 0.0603. The number of allylic oxidation sites excluding steroid dienone is 1. The molecule has 1 spiro atoms. The van der Waals surface area contributed by atoms with E-state index in [2.05, 4.69) is 15.3 Å². The Balaban J connectivity index is 1.51. The van der Waals surface area contributed by atoms with Crippen molar-refractivity contribution in [2.75, 3.05) is 19.1 Å². The number of pyridine rings is 2. The summed E-state index contributed by atoms with van der Waals surface area (Å²) in [7, 11) is 2.53. The van der Waals surface area contributed by atoms with Crippen molar-refractivity contribution >= 4 is 22.9 Å². The third kappa shape index (κ3) is 4.25.